The summed E-state index contributed by atoms with van der Waals surface area (Å²) in [6.45, 7) is 0. The molecule has 1 heterocycles. The molecule has 0 bridgehead atoms. The highest BCUT2D eigenvalue weighted by Crippen LogP contribution is 2.31. The Morgan fingerprint density at radius 1 is 0.938 bits per heavy atom. The van der Waals surface area contributed by atoms with E-state index in [4.69, 9.17) is 0 Å². The predicted octanol–water partition coefficient (Wildman–Crippen LogP) is 3.70. The third kappa shape index (κ3) is 1.82. The molecule has 1 heteroatoms. The molecule has 0 unspecified atom stereocenters. The second-order valence-corrected chi connectivity index (χ2v) is 4.85. The van der Waals surface area contributed by atoms with Crippen LogP contribution in [-0.4, -0.2) is 0 Å². The van der Waals surface area contributed by atoms with Gasteiger partial charge in [0, 0.05) is 17.4 Å². The minimum Gasteiger partial charge on any atom is -0.214 e. The average molecular weight is 212 g/mol. The molecule has 0 radical (unpaired) electrons. The Bertz CT molecular complexity index is 484. The van der Waals surface area contributed by atoms with Crippen molar-refractivity contribution in [3.05, 3.63) is 42.2 Å². The van der Waals surface area contributed by atoms with E-state index >= 15 is 0 Å². The van der Waals surface area contributed by atoms with Crippen LogP contribution in [0.1, 0.15) is 43.7 Å². The number of aromatic amines is 1. The third-order valence-corrected chi connectivity index (χ3v) is 3.75. The largest absolute Gasteiger partial charge is 0.214 e. The average Bonchev–Trinajstić information content (AvgIpc) is 2.39. The smallest absolute Gasteiger partial charge is 0.183 e. The van der Waals surface area contributed by atoms with Gasteiger partial charge in [-0.2, -0.15) is 0 Å². The van der Waals surface area contributed by atoms with E-state index in [2.05, 4.69) is 41.5 Å². The summed E-state index contributed by atoms with van der Waals surface area (Å²) in [5.74, 6) is 0.762. The van der Waals surface area contributed by atoms with Crippen molar-refractivity contribution in [2.45, 2.75) is 38.0 Å². The number of aromatic nitrogens is 1. The van der Waals surface area contributed by atoms with Gasteiger partial charge in [-0.25, -0.2) is 4.98 Å². The Hall–Kier alpha value is -1.37. The molecule has 0 atom stereocenters. The number of benzene rings is 1. The summed E-state index contributed by atoms with van der Waals surface area (Å²) in [4.78, 5) is 3.48. The van der Waals surface area contributed by atoms with E-state index in [1.807, 2.05) is 0 Å². The molecule has 0 saturated heterocycles. The lowest BCUT2D eigenvalue weighted by atomic mass is 9.86. The topological polar surface area (TPSA) is 14.1 Å². The van der Waals surface area contributed by atoms with E-state index in [0.717, 1.165) is 5.92 Å². The summed E-state index contributed by atoms with van der Waals surface area (Å²) in [6.07, 6.45) is 9.07. The summed E-state index contributed by atoms with van der Waals surface area (Å²) in [5.41, 5.74) is 1.43. The first-order valence-corrected chi connectivity index (χ1v) is 6.34. The van der Waals surface area contributed by atoms with Gasteiger partial charge in [0.1, 0.15) is 0 Å². The third-order valence-electron chi connectivity index (χ3n) is 3.75. The van der Waals surface area contributed by atoms with Gasteiger partial charge in [0.2, 0.25) is 0 Å². The van der Waals surface area contributed by atoms with Gasteiger partial charge in [-0.05, 0) is 24.3 Å². The SMILES string of the molecule is c1ccc2cc(C3CCCCC3)[nH+]cc2c1. The summed E-state index contributed by atoms with van der Waals surface area (Å²) in [5, 5.41) is 2.67. The fraction of sp³-hybridized carbons (Fsp3) is 0.400. The zero-order valence-corrected chi connectivity index (χ0v) is 9.58. The Kier molecular flexibility index (Phi) is 2.61. The molecule has 2 aromatic rings. The summed E-state index contributed by atoms with van der Waals surface area (Å²) in [7, 11) is 0. The van der Waals surface area contributed by atoms with Crippen molar-refractivity contribution in [1.29, 1.82) is 0 Å². The number of nitrogens with one attached hydrogen (secondary N) is 1. The van der Waals surface area contributed by atoms with E-state index in [1.165, 1.54) is 48.6 Å². The van der Waals surface area contributed by atoms with E-state index in [9.17, 15) is 0 Å². The van der Waals surface area contributed by atoms with Gasteiger partial charge in [-0.3, -0.25) is 0 Å². The van der Waals surface area contributed by atoms with Crippen LogP contribution in [0.25, 0.3) is 10.8 Å². The van der Waals surface area contributed by atoms with E-state index in [1.54, 1.807) is 0 Å². The minimum absolute atomic E-state index is 0.762. The molecule has 82 valence electrons. The van der Waals surface area contributed by atoms with E-state index in [0.29, 0.717) is 0 Å². The number of hydrogen-bond donors (Lipinski definition) is 0. The van der Waals surface area contributed by atoms with Crippen molar-refractivity contribution >= 4 is 10.8 Å². The number of hydrogen-bond acceptors (Lipinski definition) is 0. The van der Waals surface area contributed by atoms with Gasteiger partial charge >= 0.3 is 0 Å². The highest BCUT2D eigenvalue weighted by Gasteiger charge is 2.20. The number of fused-ring (bicyclic) bond motifs is 1. The lowest BCUT2D eigenvalue weighted by Crippen LogP contribution is -2.17. The molecular formula is C15H18N+. The first-order valence-electron chi connectivity index (χ1n) is 6.34. The lowest BCUT2D eigenvalue weighted by molar-refractivity contribution is -0.391. The van der Waals surface area contributed by atoms with E-state index < -0.39 is 0 Å². The molecule has 16 heavy (non-hydrogen) atoms. The van der Waals surface area contributed by atoms with Crippen LogP contribution in [0.3, 0.4) is 0 Å². The molecule has 3 rings (SSSR count). The quantitative estimate of drug-likeness (QED) is 0.684. The molecule has 0 aliphatic heterocycles. The first-order chi connectivity index (χ1) is 7.93. The van der Waals surface area contributed by atoms with Crippen LogP contribution in [-0.2, 0) is 0 Å². The van der Waals surface area contributed by atoms with Crippen molar-refractivity contribution in [2.24, 2.45) is 0 Å². The van der Waals surface area contributed by atoms with Crippen molar-refractivity contribution in [3.8, 4) is 0 Å². The maximum atomic E-state index is 3.48. The van der Waals surface area contributed by atoms with Crippen LogP contribution in [0.4, 0.5) is 0 Å². The number of rotatable bonds is 1. The zero-order chi connectivity index (χ0) is 10.8. The monoisotopic (exact) mass is 212 g/mol. The first kappa shape index (κ1) is 9.83. The highest BCUT2D eigenvalue weighted by molar-refractivity contribution is 5.80. The summed E-state index contributed by atoms with van der Waals surface area (Å²) >= 11 is 0. The second kappa shape index (κ2) is 4.25. The van der Waals surface area contributed by atoms with Crippen LogP contribution >= 0.6 is 0 Å². The Labute approximate surface area is 96.5 Å². The molecule has 1 fully saturated rings. The summed E-state index contributed by atoms with van der Waals surface area (Å²) < 4.78 is 0. The lowest BCUT2D eigenvalue weighted by Gasteiger charge is -2.17. The van der Waals surface area contributed by atoms with Crippen molar-refractivity contribution in [2.75, 3.05) is 0 Å². The maximum Gasteiger partial charge on any atom is 0.183 e. The van der Waals surface area contributed by atoms with Gasteiger partial charge < -0.3 is 0 Å². The van der Waals surface area contributed by atoms with Crippen molar-refractivity contribution < 1.29 is 4.98 Å². The van der Waals surface area contributed by atoms with Crippen LogP contribution in [0.5, 0.6) is 0 Å². The Balaban J connectivity index is 1.97. The molecule has 0 amide bonds. The van der Waals surface area contributed by atoms with Gasteiger partial charge in [-0.15, -0.1) is 0 Å². The zero-order valence-electron chi connectivity index (χ0n) is 9.58. The Morgan fingerprint density at radius 2 is 1.69 bits per heavy atom. The molecule has 1 aliphatic carbocycles. The number of H-pyrrole nitrogens is 1. The van der Waals surface area contributed by atoms with Crippen molar-refractivity contribution in [1.82, 2.24) is 0 Å². The minimum atomic E-state index is 0.762. The van der Waals surface area contributed by atoms with Crippen molar-refractivity contribution in [3.63, 3.8) is 0 Å². The van der Waals surface area contributed by atoms with Crippen LogP contribution < -0.4 is 4.98 Å². The van der Waals surface area contributed by atoms with Gasteiger partial charge in [0.05, 0.1) is 0 Å². The van der Waals surface area contributed by atoms with Crippen LogP contribution in [0.2, 0.25) is 0 Å². The van der Waals surface area contributed by atoms with Gasteiger partial charge in [-0.1, -0.05) is 37.5 Å². The second-order valence-electron chi connectivity index (χ2n) is 4.85. The van der Waals surface area contributed by atoms with Gasteiger partial charge in [0.25, 0.3) is 0 Å². The molecule has 1 aromatic heterocycles. The maximum absolute atomic E-state index is 3.48. The Morgan fingerprint density at radius 3 is 2.50 bits per heavy atom. The fourth-order valence-electron chi connectivity index (χ4n) is 2.79. The molecule has 1 saturated carbocycles. The fourth-order valence-corrected chi connectivity index (χ4v) is 2.79. The molecule has 1 nitrogen and oxygen atoms in total. The van der Waals surface area contributed by atoms with Crippen LogP contribution in [0, 0.1) is 0 Å². The predicted molar refractivity (Wildman–Crippen MR) is 66.3 cm³/mol. The number of pyridine rings is 1. The molecule has 0 spiro atoms. The molecule has 1 aliphatic rings. The molecule has 1 aromatic carbocycles. The van der Waals surface area contributed by atoms with Gasteiger partial charge in [0.15, 0.2) is 11.9 Å². The molecular weight excluding hydrogens is 194 g/mol. The molecule has 1 N–H and O–H groups in total. The normalized spacial score (nSPS) is 17.8. The highest BCUT2D eigenvalue weighted by atomic mass is 14.7. The summed E-state index contributed by atoms with van der Waals surface area (Å²) in [6, 6.07) is 10.9. The van der Waals surface area contributed by atoms with Crippen LogP contribution in [0.15, 0.2) is 36.5 Å². The standard InChI is InChI=1S/C15H17N/c1-2-6-12(7-3-1)15-10-13-8-4-5-9-14(13)11-16-15/h4-5,8-12H,1-3,6-7H2/p+1. The van der Waals surface area contributed by atoms with E-state index in [-0.39, 0.29) is 0 Å².